The van der Waals surface area contributed by atoms with Gasteiger partial charge >= 0.3 is 6.55 Å². The van der Waals surface area contributed by atoms with Crippen molar-refractivity contribution >= 4 is 5.91 Å². The van der Waals surface area contributed by atoms with Crippen molar-refractivity contribution in [3.8, 4) is 0 Å². The first kappa shape index (κ1) is 13.0. The SMILES string of the molecule is Cc1ccc(C(=O)N2CC[C@H](CO)C2)n1C(F)F. The van der Waals surface area contributed by atoms with E-state index in [0.717, 1.165) is 11.0 Å². The fourth-order valence-corrected chi connectivity index (χ4v) is 2.31. The molecule has 1 N–H and O–H groups in total. The van der Waals surface area contributed by atoms with Crippen LogP contribution in [0.1, 0.15) is 29.2 Å². The van der Waals surface area contributed by atoms with Gasteiger partial charge in [-0.2, -0.15) is 8.78 Å². The maximum Gasteiger partial charge on any atom is 0.319 e. The molecule has 1 amide bonds. The van der Waals surface area contributed by atoms with Gasteiger partial charge in [-0.3, -0.25) is 9.36 Å². The highest BCUT2D eigenvalue weighted by atomic mass is 19.3. The van der Waals surface area contributed by atoms with E-state index >= 15 is 0 Å². The lowest BCUT2D eigenvalue weighted by Gasteiger charge is -2.18. The Labute approximate surface area is 104 Å². The summed E-state index contributed by atoms with van der Waals surface area (Å²) in [5, 5.41) is 9.02. The topological polar surface area (TPSA) is 45.5 Å². The van der Waals surface area contributed by atoms with E-state index in [1.807, 2.05) is 0 Å². The Bertz CT molecular complexity index is 445. The number of aromatic nitrogens is 1. The van der Waals surface area contributed by atoms with Crippen molar-refractivity contribution in [2.24, 2.45) is 5.92 Å². The fraction of sp³-hybridized carbons (Fsp3) is 0.583. The van der Waals surface area contributed by atoms with Crippen LogP contribution in [-0.4, -0.2) is 40.2 Å². The van der Waals surface area contributed by atoms with Crippen molar-refractivity contribution in [3.05, 3.63) is 23.5 Å². The van der Waals surface area contributed by atoms with Crippen LogP contribution in [0.5, 0.6) is 0 Å². The van der Waals surface area contributed by atoms with E-state index in [9.17, 15) is 13.6 Å². The largest absolute Gasteiger partial charge is 0.396 e. The van der Waals surface area contributed by atoms with Crippen LogP contribution in [0.25, 0.3) is 0 Å². The van der Waals surface area contributed by atoms with Crippen molar-refractivity contribution in [2.45, 2.75) is 19.9 Å². The maximum atomic E-state index is 12.9. The quantitative estimate of drug-likeness (QED) is 0.896. The van der Waals surface area contributed by atoms with E-state index < -0.39 is 6.55 Å². The first-order valence-corrected chi connectivity index (χ1v) is 5.90. The molecule has 0 aromatic carbocycles. The standard InChI is InChI=1S/C12H16F2N2O2/c1-8-2-3-10(16(8)12(13)14)11(18)15-5-4-9(6-15)7-17/h2-3,9,12,17H,4-7H2,1H3/t9-/m0/s1. The minimum Gasteiger partial charge on any atom is -0.396 e. The Kier molecular flexibility index (Phi) is 3.65. The molecule has 0 bridgehead atoms. The van der Waals surface area contributed by atoms with Gasteiger partial charge in [-0.1, -0.05) is 0 Å². The molecule has 100 valence electrons. The number of carbonyl (C=O) groups is 1. The smallest absolute Gasteiger partial charge is 0.319 e. The number of hydrogen-bond donors (Lipinski definition) is 1. The predicted molar refractivity (Wildman–Crippen MR) is 61.5 cm³/mol. The second-order valence-electron chi connectivity index (χ2n) is 4.60. The third-order valence-electron chi connectivity index (χ3n) is 3.37. The third kappa shape index (κ3) is 2.25. The van der Waals surface area contributed by atoms with E-state index in [4.69, 9.17) is 5.11 Å². The monoisotopic (exact) mass is 258 g/mol. The summed E-state index contributed by atoms with van der Waals surface area (Å²) in [5.41, 5.74) is 0.382. The normalized spacial score (nSPS) is 19.8. The predicted octanol–water partition coefficient (Wildman–Crippen LogP) is 1.65. The number of likely N-dealkylation sites (tertiary alicyclic amines) is 1. The Hall–Kier alpha value is -1.43. The first-order valence-electron chi connectivity index (χ1n) is 5.90. The molecule has 0 radical (unpaired) electrons. The molecule has 1 atom stereocenters. The second-order valence-corrected chi connectivity index (χ2v) is 4.60. The molecule has 18 heavy (non-hydrogen) atoms. The maximum absolute atomic E-state index is 12.9. The number of alkyl halides is 2. The molecule has 1 aliphatic heterocycles. The van der Waals surface area contributed by atoms with Gasteiger partial charge in [0.1, 0.15) is 5.69 Å². The van der Waals surface area contributed by atoms with Gasteiger partial charge in [-0.05, 0) is 25.5 Å². The molecule has 1 fully saturated rings. The molecule has 2 heterocycles. The summed E-state index contributed by atoms with van der Waals surface area (Å²) in [6.45, 7) is -0.196. The number of aryl methyl sites for hydroxylation is 1. The van der Waals surface area contributed by atoms with Crippen LogP contribution in [0.3, 0.4) is 0 Å². The summed E-state index contributed by atoms with van der Waals surface area (Å²) in [6, 6.07) is 2.94. The van der Waals surface area contributed by atoms with Crippen LogP contribution in [0.15, 0.2) is 12.1 Å². The van der Waals surface area contributed by atoms with Crippen LogP contribution in [0.4, 0.5) is 8.78 Å². The number of amides is 1. The minimum atomic E-state index is -2.71. The van der Waals surface area contributed by atoms with Crippen LogP contribution < -0.4 is 0 Å². The van der Waals surface area contributed by atoms with Crippen LogP contribution in [-0.2, 0) is 0 Å². The van der Waals surface area contributed by atoms with Gasteiger partial charge < -0.3 is 10.0 Å². The molecule has 1 aromatic rings. The van der Waals surface area contributed by atoms with E-state index in [1.165, 1.54) is 17.0 Å². The van der Waals surface area contributed by atoms with Gasteiger partial charge in [0.15, 0.2) is 0 Å². The number of carbonyl (C=O) groups excluding carboxylic acids is 1. The summed E-state index contributed by atoms with van der Waals surface area (Å²) in [5.74, 6) is -0.329. The van der Waals surface area contributed by atoms with Gasteiger partial charge in [0.05, 0.1) is 0 Å². The highest BCUT2D eigenvalue weighted by Crippen LogP contribution is 2.23. The lowest BCUT2D eigenvalue weighted by atomic mass is 10.1. The number of aliphatic hydroxyl groups excluding tert-OH is 1. The summed E-state index contributed by atoms with van der Waals surface area (Å²) < 4.78 is 26.5. The first-order chi connectivity index (χ1) is 8.54. The number of aliphatic hydroxyl groups is 1. The zero-order valence-electron chi connectivity index (χ0n) is 10.1. The zero-order valence-corrected chi connectivity index (χ0v) is 10.1. The highest BCUT2D eigenvalue weighted by Gasteiger charge is 2.29. The molecule has 0 saturated carbocycles. The molecule has 0 spiro atoms. The summed E-state index contributed by atoms with van der Waals surface area (Å²) in [7, 11) is 0. The molecule has 1 aliphatic rings. The number of nitrogens with zero attached hydrogens (tertiary/aromatic N) is 2. The average Bonchev–Trinajstić information content (AvgIpc) is 2.93. The molecular formula is C12H16F2N2O2. The summed E-state index contributed by atoms with van der Waals surface area (Å²) in [4.78, 5) is 13.7. The lowest BCUT2D eigenvalue weighted by molar-refractivity contribution is 0.0563. The van der Waals surface area contributed by atoms with E-state index in [-0.39, 0.29) is 24.1 Å². The lowest BCUT2D eigenvalue weighted by Crippen LogP contribution is -2.31. The summed E-state index contributed by atoms with van der Waals surface area (Å²) in [6.07, 6.45) is 0.719. The van der Waals surface area contributed by atoms with Crippen LogP contribution >= 0.6 is 0 Å². The summed E-state index contributed by atoms with van der Waals surface area (Å²) >= 11 is 0. The molecule has 4 nitrogen and oxygen atoms in total. The van der Waals surface area contributed by atoms with Crippen molar-refractivity contribution in [3.63, 3.8) is 0 Å². The number of rotatable bonds is 3. The van der Waals surface area contributed by atoms with E-state index in [1.54, 1.807) is 6.92 Å². The molecule has 0 aliphatic carbocycles. The van der Waals surface area contributed by atoms with Crippen molar-refractivity contribution in [1.29, 1.82) is 0 Å². The van der Waals surface area contributed by atoms with Gasteiger partial charge in [0.2, 0.25) is 0 Å². The van der Waals surface area contributed by atoms with Gasteiger partial charge in [0.25, 0.3) is 5.91 Å². The molecule has 6 heteroatoms. The Morgan fingerprint density at radius 2 is 2.28 bits per heavy atom. The number of hydrogen-bond acceptors (Lipinski definition) is 2. The van der Waals surface area contributed by atoms with Gasteiger partial charge in [-0.15, -0.1) is 0 Å². The third-order valence-corrected chi connectivity index (χ3v) is 3.37. The van der Waals surface area contributed by atoms with Crippen molar-refractivity contribution in [1.82, 2.24) is 9.47 Å². The Morgan fingerprint density at radius 1 is 1.56 bits per heavy atom. The van der Waals surface area contributed by atoms with Gasteiger partial charge in [0, 0.05) is 31.3 Å². The van der Waals surface area contributed by atoms with E-state index in [2.05, 4.69) is 0 Å². The van der Waals surface area contributed by atoms with Crippen LogP contribution in [0.2, 0.25) is 0 Å². The Morgan fingerprint density at radius 3 is 2.83 bits per heavy atom. The fourth-order valence-electron chi connectivity index (χ4n) is 2.31. The molecular weight excluding hydrogens is 242 g/mol. The molecule has 0 unspecified atom stereocenters. The Balaban J connectivity index is 2.19. The second kappa shape index (κ2) is 5.06. The van der Waals surface area contributed by atoms with E-state index in [0.29, 0.717) is 18.8 Å². The van der Waals surface area contributed by atoms with Crippen molar-refractivity contribution in [2.75, 3.05) is 19.7 Å². The average molecular weight is 258 g/mol. The highest BCUT2D eigenvalue weighted by molar-refractivity contribution is 5.93. The number of halogens is 2. The van der Waals surface area contributed by atoms with Crippen molar-refractivity contribution < 1.29 is 18.7 Å². The zero-order chi connectivity index (χ0) is 13.3. The van der Waals surface area contributed by atoms with Crippen LogP contribution in [0, 0.1) is 12.8 Å². The molecule has 1 aromatic heterocycles. The minimum absolute atomic E-state index is 0.0149. The molecule has 1 saturated heterocycles. The molecule has 2 rings (SSSR count). The van der Waals surface area contributed by atoms with Gasteiger partial charge in [-0.25, -0.2) is 0 Å².